The smallest absolute Gasteiger partial charge is 0.354 e. The fourth-order valence-corrected chi connectivity index (χ4v) is 4.13. The Balaban J connectivity index is 1.85. The number of aromatic nitrogens is 3. The Kier molecular flexibility index (Phi) is 5.37. The lowest BCUT2D eigenvalue weighted by Crippen LogP contribution is -2.22. The number of hydrogen-bond donors (Lipinski definition) is 1. The molecule has 1 N–H and O–H groups in total. The van der Waals surface area contributed by atoms with E-state index in [1.54, 1.807) is 0 Å². The summed E-state index contributed by atoms with van der Waals surface area (Å²) >= 11 is 11.2. The Morgan fingerprint density at radius 2 is 1.78 bits per heavy atom. The van der Waals surface area contributed by atoms with Crippen LogP contribution in [-0.4, -0.2) is 14.8 Å². The molecule has 2 aromatic carbocycles. The zero-order chi connectivity index (χ0) is 23.5. The van der Waals surface area contributed by atoms with E-state index in [1.165, 1.54) is 23.1 Å². The number of nitrogens with zero attached hydrogens (tertiary/aromatic N) is 2. The van der Waals surface area contributed by atoms with Gasteiger partial charge in [0.25, 0.3) is 0 Å². The first-order valence-electron chi connectivity index (χ1n) is 8.85. The van der Waals surface area contributed by atoms with Gasteiger partial charge < -0.3 is 4.74 Å². The molecule has 0 amide bonds. The molecule has 0 spiro atoms. The van der Waals surface area contributed by atoms with E-state index in [0.717, 1.165) is 12.1 Å². The van der Waals surface area contributed by atoms with Crippen LogP contribution in [0.3, 0.4) is 0 Å². The largest absolute Gasteiger partial charge is 0.417 e. The molecule has 170 valence electrons. The molecule has 0 aliphatic carbocycles. The van der Waals surface area contributed by atoms with Crippen LogP contribution < -0.4 is 0 Å². The molecular formula is C19H11ClF7N3OS. The number of epoxide rings is 1. The van der Waals surface area contributed by atoms with Crippen molar-refractivity contribution in [1.29, 1.82) is 0 Å². The first kappa shape index (κ1) is 22.7. The maximum absolute atomic E-state index is 14.7. The van der Waals surface area contributed by atoms with Crippen molar-refractivity contribution in [2.24, 2.45) is 0 Å². The van der Waals surface area contributed by atoms with Gasteiger partial charge in [0.05, 0.1) is 17.7 Å². The van der Waals surface area contributed by atoms with E-state index in [-0.39, 0.29) is 27.5 Å². The van der Waals surface area contributed by atoms with Gasteiger partial charge in [-0.05, 0) is 42.0 Å². The highest BCUT2D eigenvalue weighted by atomic mass is 35.5. The highest BCUT2D eigenvalue weighted by Gasteiger charge is 2.61. The lowest BCUT2D eigenvalue weighted by atomic mass is 9.89. The summed E-state index contributed by atoms with van der Waals surface area (Å²) in [4.78, 5) is 3.82. The normalized spacial score (nSPS) is 21.1. The lowest BCUT2D eigenvalue weighted by Gasteiger charge is -2.18. The first-order valence-corrected chi connectivity index (χ1v) is 9.64. The first-order chi connectivity index (χ1) is 14.8. The second-order valence-corrected chi connectivity index (χ2v) is 7.81. The molecule has 1 fully saturated rings. The summed E-state index contributed by atoms with van der Waals surface area (Å²) in [6, 6.07) is 5.33. The molecule has 4 rings (SSSR count). The van der Waals surface area contributed by atoms with Gasteiger partial charge in [0.2, 0.25) is 4.77 Å². The molecule has 1 saturated heterocycles. The summed E-state index contributed by atoms with van der Waals surface area (Å²) in [5.74, 6) is -0.797. The minimum absolute atomic E-state index is 0.0505. The molecule has 13 heteroatoms. The number of halogens is 8. The molecule has 2 atom stereocenters. The van der Waals surface area contributed by atoms with Crippen LogP contribution in [0.15, 0.2) is 42.7 Å². The van der Waals surface area contributed by atoms with E-state index < -0.39 is 41.0 Å². The van der Waals surface area contributed by atoms with Crippen molar-refractivity contribution in [3.05, 3.63) is 80.6 Å². The number of ether oxygens (including phenoxy) is 1. The molecule has 2 heterocycles. The molecule has 32 heavy (non-hydrogen) atoms. The Morgan fingerprint density at radius 3 is 2.34 bits per heavy atom. The fourth-order valence-electron chi connectivity index (χ4n) is 3.64. The summed E-state index contributed by atoms with van der Waals surface area (Å²) in [6.45, 7) is -0.223. The molecule has 3 aromatic rings. The summed E-state index contributed by atoms with van der Waals surface area (Å²) in [5, 5.41) is 2.61. The summed E-state index contributed by atoms with van der Waals surface area (Å²) in [5.41, 5.74) is -5.72. The third-order valence-corrected chi connectivity index (χ3v) is 5.69. The lowest BCUT2D eigenvalue weighted by molar-refractivity contribution is -0.162. The van der Waals surface area contributed by atoms with Gasteiger partial charge in [0.1, 0.15) is 23.8 Å². The summed E-state index contributed by atoms with van der Waals surface area (Å²) in [7, 11) is 0. The van der Waals surface area contributed by atoms with Crippen molar-refractivity contribution in [2.45, 2.75) is 30.6 Å². The predicted molar refractivity (Wildman–Crippen MR) is 101 cm³/mol. The van der Waals surface area contributed by atoms with E-state index in [2.05, 4.69) is 10.1 Å². The van der Waals surface area contributed by atoms with Gasteiger partial charge in [0, 0.05) is 10.6 Å². The van der Waals surface area contributed by atoms with E-state index in [9.17, 15) is 30.7 Å². The van der Waals surface area contributed by atoms with Crippen LogP contribution in [0.4, 0.5) is 30.7 Å². The summed E-state index contributed by atoms with van der Waals surface area (Å²) in [6.07, 6.45) is -10.5. The average molecular weight is 498 g/mol. The fraction of sp³-hybridized carbons (Fsp3) is 0.263. The molecule has 1 aromatic heterocycles. The number of nitrogens with one attached hydrogen (secondary N) is 1. The van der Waals surface area contributed by atoms with Gasteiger partial charge in [0.15, 0.2) is 0 Å². The number of benzene rings is 2. The number of H-pyrrole nitrogens is 1. The monoisotopic (exact) mass is 497 g/mol. The zero-order valence-electron chi connectivity index (χ0n) is 15.6. The minimum atomic E-state index is -5.28. The Morgan fingerprint density at radius 1 is 1.09 bits per heavy atom. The van der Waals surface area contributed by atoms with Gasteiger partial charge >= 0.3 is 12.4 Å². The molecule has 2 unspecified atom stereocenters. The predicted octanol–water partition coefficient (Wildman–Crippen LogP) is 6.44. The second kappa shape index (κ2) is 7.56. The number of hydrogen-bond acceptors (Lipinski definition) is 3. The van der Waals surface area contributed by atoms with E-state index in [1.807, 2.05) is 0 Å². The van der Waals surface area contributed by atoms with Crippen molar-refractivity contribution < 1.29 is 35.5 Å². The van der Waals surface area contributed by atoms with Crippen molar-refractivity contribution >= 4 is 23.8 Å². The van der Waals surface area contributed by atoms with Gasteiger partial charge in [-0.25, -0.2) is 9.37 Å². The van der Waals surface area contributed by atoms with E-state index >= 15 is 0 Å². The minimum Gasteiger partial charge on any atom is -0.354 e. The molecule has 4 nitrogen and oxygen atoms in total. The zero-order valence-corrected chi connectivity index (χ0v) is 17.1. The third-order valence-electron chi connectivity index (χ3n) is 5.05. The van der Waals surface area contributed by atoms with Gasteiger partial charge in [-0.3, -0.25) is 9.78 Å². The van der Waals surface area contributed by atoms with Crippen LogP contribution >= 0.6 is 23.8 Å². The molecule has 1 aliphatic rings. The quantitative estimate of drug-likeness (QED) is 0.256. The van der Waals surface area contributed by atoms with Gasteiger partial charge in [-0.2, -0.15) is 26.3 Å². The molecule has 0 saturated carbocycles. The van der Waals surface area contributed by atoms with Crippen LogP contribution in [-0.2, 0) is 29.2 Å². The van der Waals surface area contributed by atoms with Crippen molar-refractivity contribution in [2.75, 3.05) is 0 Å². The average Bonchev–Trinajstić information content (AvgIpc) is 3.25. The standard InChI is InChI=1S/C19H11ClF7N3OS/c20-12-2-1-3-13(21)14(12)17(7-30-16(32)28-8-29-30)15(31-17)9-4-5-10(18(22,23)24)11(6-9)19(25,26)27/h1-6,8,15H,7H2,(H,28,29,32). The topological polar surface area (TPSA) is 46.1 Å². The molecule has 0 radical (unpaired) electrons. The van der Waals surface area contributed by atoms with Crippen LogP contribution in [0, 0.1) is 10.6 Å². The third kappa shape index (κ3) is 3.90. The second-order valence-electron chi connectivity index (χ2n) is 7.04. The number of aromatic amines is 1. The molecule has 0 bridgehead atoms. The van der Waals surface area contributed by atoms with Crippen molar-refractivity contribution in [1.82, 2.24) is 14.8 Å². The van der Waals surface area contributed by atoms with Crippen molar-refractivity contribution in [3.8, 4) is 0 Å². The van der Waals surface area contributed by atoms with Crippen LogP contribution in [0.2, 0.25) is 5.02 Å². The number of rotatable bonds is 4. The van der Waals surface area contributed by atoms with Crippen LogP contribution in [0.5, 0.6) is 0 Å². The highest BCUT2D eigenvalue weighted by molar-refractivity contribution is 7.71. The maximum atomic E-state index is 14.7. The van der Waals surface area contributed by atoms with Crippen LogP contribution in [0.25, 0.3) is 0 Å². The molecular weight excluding hydrogens is 487 g/mol. The summed E-state index contributed by atoms with van der Waals surface area (Å²) < 4.78 is 101. The van der Waals surface area contributed by atoms with Gasteiger partial charge in [-0.1, -0.05) is 23.7 Å². The van der Waals surface area contributed by atoms with Crippen LogP contribution in [0.1, 0.15) is 28.4 Å². The maximum Gasteiger partial charge on any atom is 0.417 e. The van der Waals surface area contributed by atoms with E-state index in [0.29, 0.717) is 12.1 Å². The highest BCUT2D eigenvalue weighted by Crippen LogP contribution is 2.60. The number of alkyl halides is 6. The Labute approximate surface area is 185 Å². The Hall–Kier alpha value is -2.44. The van der Waals surface area contributed by atoms with E-state index in [4.69, 9.17) is 28.6 Å². The molecule has 1 aliphatic heterocycles. The Bertz CT molecular complexity index is 1220. The van der Waals surface area contributed by atoms with Crippen molar-refractivity contribution in [3.63, 3.8) is 0 Å². The van der Waals surface area contributed by atoms with Gasteiger partial charge in [-0.15, -0.1) is 0 Å². The SMILES string of the molecule is Fc1cccc(Cl)c1C1(Cn2[nH]cnc2=S)OC1c1ccc(C(F)(F)F)c(C(F)(F)F)c1.